The lowest BCUT2D eigenvalue weighted by Gasteiger charge is -2.26. The second-order valence-electron chi connectivity index (χ2n) is 4.43. The van der Waals surface area contributed by atoms with Crippen LogP contribution in [0.1, 0.15) is 26.5 Å². The van der Waals surface area contributed by atoms with Gasteiger partial charge in [-0.25, -0.2) is 8.42 Å². The molecule has 0 radical (unpaired) electrons. The van der Waals surface area contributed by atoms with Crippen molar-refractivity contribution in [1.82, 2.24) is 4.31 Å². The van der Waals surface area contributed by atoms with Crippen LogP contribution in [-0.4, -0.2) is 25.8 Å². The quantitative estimate of drug-likeness (QED) is 0.868. The molecule has 1 heterocycles. The minimum atomic E-state index is -3.56. The molecule has 0 aromatic carbocycles. The number of nitrogens with two attached hydrogens (primary N) is 1. The molecular weight excluding hydrogens is 240 g/mol. The molecule has 1 unspecified atom stereocenters. The van der Waals surface area contributed by atoms with E-state index in [2.05, 4.69) is 0 Å². The molecule has 0 aliphatic heterocycles. The third-order valence-electron chi connectivity index (χ3n) is 3.01. The summed E-state index contributed by atoms with van der Waals surface area (Å²) in [4.78, 5) is 0. The van der Waals surface area contributed by atoms with E-state index >= 15 is 0 Å². The third-order valence-corrected chi connectivity index (χ3v) is 4.83. The van der Waals surface area contributed by atoms with Crippen molar-refractivity contribution in [3.63, 3.8) is 0 Å². The highest BCUT2D eigenvalue weighted by Gasteiger charge is 2.29. The first-order chi connectivity index (χ1) is 7.80. The van der Waals surface area contributed by atoms with E-state index in [1.807, 2.05) is 20.8 Å². The van der Waals surface area contributed by atoms with Crippen LogP contribution in [0.25, 0.3) is 0 Å². The summed E-state index contributed by atoms with van der Waals surface area (Å²) < 4.78 is 30.9. The summed E-state index contributed by atoms with van der Waals surface area (Å²) in [6, 6.07) is 2.94. The molecule has 1 atom stereocenters. The van der Waals surface area contributed by atoms with Gasteiger partial charge in [0.15, 0.2) is 0 Å². The van der Waals surface area contributed by atoms with Crippen LogP contribution in [-0.2, 0) is 16.6 Å². The van der Waals surface area contributed by atoms with Crippen LogP contribution in [0.2, 0.25) is 0 Å². The molecule has 6 heteroatoms. The first kappa shape index (κ1) is 14.2. The summed E-state index contributed by atoms with van der Waals surface area (Å²) in [6.45, 7) is 6.02. The van der Waals surface area contributed by atoms with Crippen molar-refractivity contribution in [1.29, 1.82) is 0 Å². The second-order valence-corrected chi connectivity index (χ2v) is 6.36. The number of rotatable bonds is 5. The highest BCUT2D eigenvalue weighted by molar-refractivity contribution is 7.89. The van der Waals surface area contributed by atoms with E-state index < -0.39 is 10.0 Å². The van der Waals surface area contributed by atoms with Gasteiger partial charge < -0.3 is 10.2 Å². The topological polar surface area (TPSA) is 76.5 Å². The smallest absolute Gasteiger partial charge is 0.276 e. The first-order valence-corrected chi connectivity index (χ1v) is 7.01. The highest BCUT2D eigenvalue weighted by atomic mass is 32.2. The molecule has 17 heavy (non-hydrogen) atoms. The van der Waals surface area contributed by atoms with Gasteiger partial charge in [0.05, 0.1) is 6.54 Å². The Morgan fingerprint density at radius 3 is 2.35 bits per heavy atom. The Morgan fingerprint density at radius 2 is 1.94 bits per heavy atom. The molecule has 2 N–H and O–H groups in total. The third kappa shape index (κ3) is 2.88. The van der Waals surface area contributed by atoms with Crippen LogP contribution in [0.4, 0.5) is 0 Å². The molecule has 1 rings (SSSR count). The predicted molar refractivity (Wildman–Crippen MR) is 65.8 cm³/mol. The Morgan fingerprint density at radius 1 is 1.35 bits per heavy atom. The van der Waals surface area contributed by atoms with Gasteiger partial charge in [-0.3, -0.25) is 0 Å². The molecule has 0 saturated heterocycles. The lowest BCUT2D eigenvalue weighted by molar-refractivity contribution is 0.303. The molecule has 0 bridgehead atoms. The minimum Gasteiger partial charge on any atom is -0.447 e. The van der Waals surface area contributed by atoms with Crippen LogP contribution in [0.5, 0.6) is 0 Å². The van der Waals surface area contributed by atoms with Gasteiger partial charge in [0.2, 0.25) is 5.09 Å². The van der Waals surface area contributed by atoms with Crippen LogP contribution in [0, 0.1) is 5.92 Å². The summed E-state index contributed by atoms with van der Waals surface area (Å²) in [7, 11) is -2.00. The van der Waals surface area contributed by atoms with Crippen molar-refractivity contribution in [2.24, 2.45) is 11.7 Å². The fourth-order valence-corrected chi connectivity index (χ4v) is 2.80. The van der Waals surface area contributed by atoms with Crippen molar-refractivity contribution >= 4 is 10.0 Å². The molecule has 0 aliphatic carbocycles. The SMILES string of the molecule is CC(C)C(C)N(C)S(=O)(=O)c1ccc(CN)o1. The van der Waals surface area contributed by atoms with E-state index in [1.54, 1.807) is 13.1 Å². The van der Waals surface area contributed by atoms with Crippen LogP contribution < -0.4 is 5.73 Å². The van der Waals surface area contributed by atoms with E-state index in [9.17, 15) is 8.42 Å². The van der Waals surface area contributed by atoms with Gasteiger partial charge >= 0.3 is 0 Å². The first-order valence-electron chi connectivity index (χ1n) is 5.57. The summed E-state index contributed by atoms with van der Waals surface area (Å²) in [5.41, 5.74) is 5.39. The lowest BCUT2D eigenvalue weighted by atomic mass is 10.1. The van der Waals surface area contributed by atoms with Gasteiger partial charge in [-0.1, -0.05) is 13.8 Å². The Bertz CT molecular complexity index is 465. The largest absolute Gasteiger partial charge is 0.447 e. The molecule has 0 spiro atoms. The Balaban J connectivity index is 3.02. The maximum atomic E-state index is 12.2. The van der Waals surface area contributed by atoms with Gasteiger partial charge in [-0.05, 0) is 25.0 Å². The number of furan rings is 1. The summed E-state index contributed by atoms with van der Waals surface area (Å²) in [5, 5.41) is -0.0482. The molecule has 0 aliphatic rings. The van der Waals surface area contributed by atoms with Crippen LogP contribution in [0.3, 0.4) is 0 Å². The molecule has 0 fully saturated rings. The Kier molecular flexibility index (Phi) is 4.35. The predicted octanol–water partition coefficient (Wildman–Crippen LogP) is 1.40. The van der Waals surface area contributed by atoms with E-state index in [1.165, 1.54) is 10.4 Å². The summed E-state index contributed by atoms with van der Waals surface area (Å²) in [5.74, 6) is 0.702. The van der Waals surface area contributed by atoms with Crippen molar-refractivity contribution < 1.29 is 12.8 Å². The van der Waals surface area contributed by atoms with Crippen molar-refractivity contribution in [3.05, 3.63) is 17.9 Å². The Labute approximate surface area is 103 Å². The standard InChI is InChI=1S/C11H20N2O3S/c1-8(2)9(3)13(4)17(14,15)11-6-5-10(7-12)16-11/h5-6,8-9H,7,12H2,1-4H3. The number of hydrogen-bond donors (Lipinski definition) is 1. The lowest BCUT2D eigenvalue weighted by Crippen LogP contribution is -2.38. The van der Waals surface area contributed by atoms with Gasteiger partial charge in [-0.2, -0.15) is 4.31 Å². The highest BCUT2D eigenvalue weighted by Crippen LogP contribution is 2.21. The molecule has 0 amide bonds. The zero-order valence-corrected chi connectivity index (χ0v) is 11.5. The number of nitrogens with zero attached hydrogens (tertiary/aromatic N) is 1. The molecule has 5 nitrogen and oxygen atoms in total. The zero-order valence-electron chi connectivity index (χ0n) is 10.7. The maximum Gasteiger partial charge on any atom is 0.276 e. The van der Waals surface area contributed by atoms with E-state index in [0.717, 1.165) is 0 Å². The molecule has 1 aromatic rings. The average molecular weight is 260 g/mol. The van der Waals surface area contributed by atoms with Gasteiger partial charge in [-0.15, -0.1) is 0 Å². The monoisotopic (exact) mass is 260 g/mol. The van der Waals surface area contributed by atoms with Crippen molar-refractivity contribution in [2.45, 2.75) is 38.5 Å². The van der Waals surface area contributed by atoms with E-state index in [0.29, 0.717) is 5.76 Å². The van der Waals surface area contributed by atoms with Gasteiger partial charge in [0, 0.05) is 13.1 Å². The fourth-order valence-electron chi connectivity index (χ4n) is 1.39. The number of sulfonamides is 1. The summed E-state index contributed by atoms with van der Waals surface area (Å²) >= 11 is 0. The molecule has 98 valence electrons. The zero-order chi connectivity index (χ0) is 13.2. The maximum absolute atomic E-state index is 12.2. The molecular formula is C11H20N2O3S. The van der Waals surface area contributed by atoms with Crippen molar-refractivity contribution in [2.75, 3.05) is 7.05 Å². The second kappa shape index (κ2) is 5.20. The van der Waals surface area contributed by atoms with Gasteiger partial charge in [0.1, 0.15) is 5.76 Å². The van der Waals surface area contributed by atoms with Gasteiger partial charge in [0.25, 0.3) is 10.0 Å². The fraction of sp³-hybridized carbons (Fsp3) is 0.636. The van der Waals surface area contributed by atoms with E-state index in [-0.39, 0.29) is 23.6 Å². The normalized spacial score (nSPS) is 14.5. The van der Waals surface area contributed by atoms with Crippen LogP contribution in [0.15, 0.2) is 21.6 Å². The summed E-state index contributed by atoms with van der Waals surface area (Å²) in [6.07, 6.45) is 0. The van der Waals surface area contributed by atoms with E-state index in [4.69, 9.17) is 10.2 Å². The van der Waals surface area contributed by atoms with Crippen molar-refractivity contribution in [3.8, 4) is 0 Å². The van der Waals surface area contributed by atoms with Crippen LogP contribution >= 0.6 is 0 Å². The molecule has 1 aromatic heterocycles. The molecule has 0 saturated carbocycles. The number of hydrogen-bond acceptors (Lipinski definition) is 4. The minimum absolute atomic E-state index is 0.0482. The average Bonchev–Trinajstić information content (AvgIpc) is 2.75. The Hall–Kier alpha value is -0.850.